The van der Waals surface area contributed by atoms with E-state index >= 15 is 0 Å². The molecule has 1 aromatic heterocycles. The molecule has 2 nitrogen and oxygen atoms in total. The van der Waals surface area contributed by atoms with Crippen molar-refractivity contribution in [3.63, 3.8) is 0 Å². The SMILES string of the molecule is Cc1ccc(NC(C)c2cncc(F)c2)cc1C. The highest BCUT2D eigenvalue weighted by molar-refractivity contribution is 5.49. The maximum Gasteiger partial charge on any atom is 0.141 e. The molecule has 1 aromatic carbocycles. The van der Waals surface area contributed by atoms with Crippen LogP contribution in [-0.4, -0.2) is 4.98 Å². The van der Waals surface area contributed by atoms with Gasteiger partial charge in [-0.25, -0.2) is 4.39 Å². The molecule has 0 spiro atoms. The standard InChI is InChI=1S/C15H17FN2/c1-10-4-5-15(6-11(10)2)18-12(3)13-7-14(16)9-17-8-13/h4-9,12,18H,1-3H3. The van der Waals surface area contributed by atoms with Crippen molar-refractivity contribution in [2.45, 2.75) is 26.8 Å². The molecule has 0 saturated carbocycles. The predicted molar refractivity (Wildman–Crippen MR) is 72.1 cm³/mol. The number of aromatic nitrogens is 1. The first-order valence-electron chi connectivity index (χ1n) is 6.00. The largest absolute Gasteiger partial charge is 0.378 e. The van der Waals surface area contributed by atoms with Gasteiger partial charge in [-0.1, -0.05) is 6.07 Å². The minimum absolute atomic E-state index is 0.0234. The third-order valence-electron chi connectivity index (χ3n) is 3.12. The number of nitrogens with zero attached hydrogens (tertiary/aromatic N) is 1. The molecule has 0 aliphatic heterocycles. The number of hydrogen-bond donors (Lipinski definition) is 1. The normalized spacial score (nSPS) is 12.2. The van der Waals surface area contributed by atoms with E-state index in [0.29, 0.717) is 0 Å². The Kier molecular flexibility index (Phi) is 3.60. The van der Waals surface area contributed by atoms with Crippen molar-refractivity contribution in [3.05, 3.63) is 59.2 Å². The Morgan fingerprint density at radius 3 is 2.56 bits per heavy atom. The van der Waals surface area contributed by atoms with Crippen molar-refractivity contribution in [2.75, 3.05) is 5.32 Å². The second-order valence-electron chi connectivity index (χ2n) is 4.60. The number of hydrogen-bond acceptors (Lipinski definition) is 2. The summed E-state index contributed by atoms with van der Waals surface area (Å²) < 4.78 is 13.1. The first kappa shape index (κ1) is 12.6. The van der Waals surface area contributed by atoms with E-state index in [-0.39, 0.29) is 11.9 Å². The number of pyridine rings is 1. The molecule has 1 atom stereocenters. The second kappa shape index (κ2) is 5.17. The zero-order valence-corrected chi connectivity index (χ0v) is 10.9. The third-order valence-corrected chi connectivity index (χ3v) is 3.12. The average molecular weight is 244 g/mol. The maximum absolute atomic E-state index is 13.1. The van der Waals surface area contributed by atoms with E-state index in [4.69, 9.17) is 0 Å². The van der Waals surface area contributed by atoms with E-state index in [1.165, 1.54) is 23.4 Å². The van der Waals surface area contributed by atoms with Gasteiger partial charge in [-0.15, -0.1) is 0 Å². The zero-order chi connectivity index (χ0) is 13.1. The number of aryl methyl sites for hydroxylation is 2. The quantitative estimate of drug-likeness (QED) is 0.882. The Labute approximate surface area is 107 Å². The van der Waals surface area contributed by atoms with Crippen LogP contribution in [0.25, 0.3) is 0 Å². The smallest absolute Gasteiger partial charge is 0.141 e. The van der Waals surface area contributed by atoms with Gasteiger partial charge in [-0.3, -0.25) is 4.98 Å². The van der Waals surface area contributed by atoms with Crippen LogP contribution in [0.4, 0.5) is 10.1 Å². The lowest BCUT2D eigenvalue weighted by Gasteiger charge is -2.16. The van der Waals surface area contributed by atoms with Crippen LogP contribution in [0.1, 0.15) is 29.7 Å². The Bertz CT molecular complexity index is 552. The topological polar surface area (TPSA) is 24.9 Å². The second-order valence-corrected chi connectivity index (χ2v) is 4.60. The van der Waals surface area contributed by atoms with E-state index in [2.05, 4.69) is 36.3 Å². The Hall–Kier alpha value is -1.90. The summed E-state index contributed by atoms with van der Waals surface area (Å²) >= 11 is 0. The van der Waals surface area contributed by atoms with E-state index < -0.39 is 0 Å². The zero-order valence-electron chi connectivity index (χ0n) is 10.9. The van der Waals surface area contributed by atoms with Crippen molar-refractivity contribution in [1.29, 1.82) is 0 Å². The van der Waals surface area contributed by atoms with E-state index in [0.717, 1.165) is 11.3 Å². The summed E-state index contributed by atoms with van der Waals surface area (Å²) in [5.74, 6) is -0.304. The lowest BCUT2D eigenvalue weighted by molar-refractivity contribution is 0.616. The molecular formula is C15H17FN2. The van der Waals surface area contributed by atoms with Crippen molar-refractivity contribution >= 4 is 5.69 Å². The monoisotopic (exact) mass is 244 g/mol. The van der Waals surface area contributed by atoms with Crippen LogP contribution < -0.4 is 5.32 Å². The summed E-state index contributed by atoms with van der Waals surface area (Å²) in [4.78, 5) is 3.86. The summed E-state index contributed by atoms with van der Waals surface area (Å²) in [7, 11) is 0. The van der Waals surface area contributed by atoms with Gasteiger partial charge in [-0.2, -0.15) is 0 Å². The molecule has 2 rings (SSSR count). The van der Waals surface area contributed by atoms with Crippen LogP contribution in [0.3, 0.4) is 0 Å². The van der Waals surface area contributed by atoms with E-state index in [1.54, 1.807) is 6.20 Å². The molecule has 0 bridgehead atoms. The number of rotatable bonds is 3. The predicted octanol–water partition coefficient (Wildman–Crippen LogP) is 4.01. The fraction of sp³-hybridized carbons (Fsp3) is 0.267. The van der Waals surface area contributed by atoms with Gasteiger partial charge in [0, 0.05) is 11.9 Å². The number of benzene rings is 1. The van der Waals surface area contributed by atoms with Gasteiger partial charge in [0.05, 0.1) is 12.2 Å². The molecule has 1 N–H and O–H groups in total. The third kappa shape index (κ3) is 2.86. The van der Waals surface area contributed by atoms with Gasteiger partial charge in [0.2, 0.25) is 0 Å². The molecule has 3 heteroatoms. The summed E-state index contributed by atoms with van der Waals surface area (Å²) in [6.45, 7) is 6.15. The number of nitrogens with one attached hydrogen (secondary N) is 1. The van der Waals surface area contributed by atoms with Gasteiger partial charge in [0.1, 0.15) is 5.82 Å². The molecule has 0 saturated heterocycles. The minimum atomic E-state index is -0.304. The van der Waals surface area contributed by atoms with Gasteiger partial charge >= 0.3 is 0 Å². The highest BCUT2D eigenvalue weighted by atomic mass is 19.1. The summed E-state index contributed by atoms with van der Waals surface area (Å²) in [5, 5.41) is 3.35. The van der Waals surface area contributed by atoms with Gasteiger partial charge in [0.15, 0.2) is 0 Å². The Morgan fingerprint density at radius 1 is 1.11 bits per heavy atom. The van der Waals surface area contributed by atoms with Crippen LogP contribution in [0.2, 0.25) is 0 Å². The van der Waals surface area contributed by atoms with E-state index in [9.17, 15) is 4.39 Å². The molecule has 0 aliphatic rings. The van der Waals surface area contributed by atoms with Crippen LogP contribution in [-0.2, 0) is 0 Å². The summed E-state index contributed by atoms with van der Waals surface area (Å²) in [5.41, 5.74) is 4.38. The molecule has 2 aromatic rings. The Morgan fingerprint density at radius 2 is 1.89 bits per heavy atom. The lowest BCUT2D eigenvalue weighted by Crippen LogP contribution is -2.07. The number of anilines is 1. The molecule has 0 fully saturated rings. The molecule has 0 aliphatic carbocycles. The fourth-order valence-electron chi connectivity index (χ4n) is 1.83. The molecule has 1 heterocycles. The van der Waals surface area contributed by atoms with Crippen LogP contribution in [0.15, 0.2) is 36.7 Å². The first-order valence-corrected chi connectivity index (χ1v) is 6.00. The molecule has 0 amide bonds. The first-order chi connectivity index (χ1) is 8.56. The average Bonchev–Trinajstić information content (AvgIpc) is 2.34. The van der Waals surface area contributed by atoms with Gasteiger partial charge in [0.25, 0.3) is 0 Å². The van der Waals surface area contributed by atoms with Crippen LogP contribution in [0.5, 0.6) is 0 Å². The highest BCUT2D eigenvalue weighted by Gasteiger charge is 2.07. The van der Waals surface area contributed by atoms with Crippen molar-refractivity contribution < 1.29 is 4.39 Å². The fourth-order valence-corrected chi connectivity index (χ4v) is 1.83. The minimum Gasteiger partial charge on any atom is -0.378 e. The van der Waals surface area contributed by atoms with Crippen molar-refractivity contribution in [1.82, 2.24) is 4.98 Å². The van der Waals surface area contributed by atoms with Crippen LogP contribution in [0, 0.1) is 19.7 Å². The van der Waals surface area contributed by atoms with Crippen molar-refractivity contribution in [2.24, 2.45) is 0 Å². The van der Waals surface area contributed by atoms with Gasteiger partial charge < -0.3 is 5.32 Å². The van der Waals surface area contributed by atoms with Crippen molar-refractivity contribution in [3.8, 4) is 0 Å². The molecular weight excluding hydrogens is 227 g/mol. The summed E-state index contributed by atoms with van der Waals surface area (Å²) in [6, 6.07) is 7.74. The van der Waals surface area contributed by atoms with E-state index in [1.807, 2.05) is 13.0 Å². The number of halogens is 1. The Balaban J connectivity index is 2.16. The molecule has 1 unspecified atom stereocenters. The maximum atomic E-state index is 13.1. The van der Waals surface area contributed by atoms with Crippen LogP contribution >= 0.6 is 0 Å². The highest BCUT2D eigenvalue weighted by Crippen LogP contribution is 2.21. The summed E-state index contributed by atoms with van der Waals surface area (Å²) in [6.07, 6.45) is 2.90. The molecule has 0 radical (unpaired) electrons. The molecule has 18 heavy (non-hydrogen) atoms. The van der Waals surface area contributed by atoms with Gasteiger partial charge in [-0.05, 0) is 55.7 Å². The lowest BCUT2D eigenvalue weighted by atomic mass is 10.1. The molecule has 94 valence electrons.